The average molecular weight is 480 g/mol. The number of nitrogens with one attached hydrogen (secondary N) is 2. The Kier molecular flexibility index (Phi) is 6.21. The fourth-order valence-electron chi connectivity index (χ4n) is 4.71. The molecule has 1 aliphatic heterocycles. The number of anilines is 3. The molecule has 1 fully saturated rings. The number of hydrogen-bond donors (Lipinski definition) is 2. The van der Waals surface area contributed by atoms with Crippen LogP contribution in [-0.4, -0.2) is 23.6 Å². The zero-order valence-electron chi connectivity index (χ0n) is 19.7. The first kappa shape index (κ1) is 23.2. The van der Waals surface area contributed by atoms with E-state index in [-0.39, 0.29) is 35.5 Å². The van der Waals surface area contributed by atoms with Gasteiger partial charge in [0.15, 0.2) is 0 Å². The Morgan fingerprint density at radius 3 is 2.00 bits per heavy atom. The second-order valence-electron chi connectivity index (χ2n) is 9.12. The molecule has 2 aliphatic rings. The Bertz CT molecular complexity index is 1380. The maximum Gasteiger partial charge on any atom is 0.255 e. The van der Waals surface area contributed by atoms with Crippen LogP contribution < -0.4 is 15.5 Å². The second-order valence-corrected chi connectivity index (χ2v) is 9.12. The van der Waals surface area contributed by atoms with Crippen LogP contribution in [0.2, 0.25) is 0 Å². The summed E-state index contributed by atoms with van der Waals surface area (Å²) >= 11 is 0. The summed E-state index contributed by atoms with van der Waals surface area (Å²) in [6.45, 7) is 1.98. The summed E-state index contributed by atoms with van der Waals surface area (Å²) in [5.41, 5.74) is 3.56. The molecule has 1 saturated heterocycles. The van der Waals surface area contributed by atoms with E-state index in [1.54, 1.807) is 72.8 Å². The smallest absolute Gasteiger partial charge is 0.255 e. The van der Waals surface area contributed by atoms with Crippen molar-refractivity contribution in [2.24, 2.45) is 11.8 Å². The lowest BCUT2D eigenvalue weighted by molar-refractivity contribution is -0.122. The molecule has 1 aliphatic carbocycles. The van der Waals surface area contributed by atoms with E-state index >= 15 is 0 Å². The SMILES string of the molecule is CC1=CC[C@H]2C(=O)N(c3cccc(C(=O)Nc4ccc(NC(=O)c5ccccc5)cc4)c3)C(=O)[C@H]2C1. The van der Waals surface area contributed by atoms with Crippen molar-refractivity contribution in [2.75, 3.05) is 15.5 Å². The molecule has 2 atom stereocenters. The molecule has 0 saturated carbocycles. The first-order valence-corrected chi connectivity index (χ1v) is 11.8. The molecular weight excluding hydrogens is 454 g/mol. The van der Waals surface area contributed by atoms with Gasteiger partial charge in [-0.25, -0.2) is 0 Å². The number of carbonyl (C=O) groups excluding carboxylic acids is 4. The van der Waals surface area contributed by atoms with Gasteiger partial charge in [-0.3, -0.25) is 24.1 Å². The van der Waals surface area contributed by atoms with Crippen molar-refractivity contribution in [1.29, 1.82) is 0 Å². The summed E-state index contributed by atoms with van der Waals surface area (Å²) in [7, 11) is 0. The number of carbonyl (C=O) groups is 4. The second kappa shape index (κ2) is 9.62. The number of nitrogens with zero attached hydrogens (tertiary/aromatic N) is 1. The molecule has 0 bridgehead atoms. The van der Waals surface area contributed by atoms with Crippen LogP contribution in [-0.2, 0) is 9.59 Å². The predicted octanol–water partition coefficient (Wildman–Crippen LogP) is 5.04. The zero-order chi connectivity index (χ0) is 25.2. The Hall–Kier alpha value is -4.52. The maximum atomic E-state index is 13.0. The molecule has 36 heavy (non-hydrogen) atoms. The number of imide groups is 1. The molecule has 4 amide bonds. The van der Waals surface area contributed by atoms with Gasteiger partial charge < -0.3 is 10.6 Å². The van der Waals surface area contributed by atoms with Gasteiger partial charge in [-0.05, 0) is 74.4 Å². The highest BCUT2D eigenvalue weighted by Crippen LogP contribution is 2.39. The van der Waals surface area contributed by atoms with Crippen LogP contribution in [0, 0.1) is 11.8 Å². The predicted molar refractivity (Wildman–Crippen MR) is 138 cm³/mol. The van der Waals surface area contributed by atoms with Gasteiger partial charge in [0.1, 0.15) is 0 Å². The highest BCUT2D eigenvalue weighted by molar-refractivity contribution is 6.22. The van der Waals surface area contributed by atoms with Gasteiger partial charge in [-0.15, -0.1) is 0 Å². The normalized spacial score (nSPS) is 18.9. The summed E-state index contributed by atoms with van der Waals surface area (Å²) in [5.74, 6) is -1.67. The Morgan fingerprint density at radius 2 is 1.33 bits per heavy atom. The van der Waals surface area contributed by atoms with Crippen LogP contribution in [0.1, 0.15) is 40.5 Å². The van der Waals surface area contributed by atoms with E-state index in [0.29, 0.717) is 41.0 Å². The van der Waals surface area contributed by atoms with Crippen molar-refractivity contribution in [2.45, 2.75) is 19.8 Å². The quantitative estimate of drug-likeness (QED) is 0.396. The Balaban J connectivity index is 1.26. The number of rotatable bonds is 5. The van der Waals surface area contributed by atoms with E-state index in [9.17, 15) is 19.2 Å². The fraction of sp³-hybridized carbons (Fsp3) is 0.172. The van der Waals surface area contributed by atoms with Crippen molar-refractivity contribution in [3.05, 3.63) is 102 Å². The fourth-order valence-corrected chi connectivity index (χ4v) is 4.71. The van der Waals surface area contributed by atoms with E-state index in [2.05, 4.69) is 10.6 Å². The number of hydrogen-bond acceptors (Lipinski definition) is 4. The first-order valence-electron chi connectivity index (χ1n) is 11.8. The van der Waals surface area contributed by atoms with Crippen LogP contribution in [0.5, 0.6) is 0 Å². The minimum absolute atomic E-state index is 0.205. The molecule has 3 aromatic carbocycles. The molecule has 7 nitrogen and oxygen atoms in total. The molecule has 7 heteroatoms. The van der Waals surface area contributed by atoms with Gasteiger partial charge in [0.05, 0.1) is 17.5 Å². The van der Waals surface area contributed by atoms with E-state index < -0.39 is 0 Å². The number of amides is 4. The van der Waals surface area contributed by atoms with Crippen molar-refractivity contribution < 1.29 is 19.2 Å². The minimum Gasteiger partial charge on any atom is -0.322 e. The molecular formula is C29H25N3O4. The summed E-state index contributed by atoms with van der Waals surface area (Å²) < 4.78 is 0. The van der Waals surface area contributed by atoms with Gasteiger partial charge in [0.2, 0.25) is 11.8 Å². The third-order valence-corrected chi connectivity index (χ3v) is 6.63. The van der Waals surface area contributed by atoms with Crippen LogP contribution in [0.25, 0.3) is 0 Å². The third kappa shape index (κ3) is 4.55. The molecule has 1 heterocycles. The Labute approximate surface area is 208 Å². The molecule has 0 unspecified atom stereocenters. The highest BCUT2D eigenvalue weighted by atomic mass is 16.2. The van der Waals surface area contributed by atoms with Gasteiger partial charge in [0, 0.05) is 22.5 Å². The molecule has 0 spiro atoms. The lowest BCUT2D eigenvalue weighted by Gasteiger charge is -2.18. The lowest BCUT2D eigenvalue weighted by Crippen LogP contribution is -2.31. The number of fused-ring (bicyclic) bond motifs is 1. The van der Waals surface area contributed by atoms with Gasteiger partial charge >= 0.3 is 0 Å². The molecule has 3 aromatic rings. The average Bonchev–Trinajstić information content (AvgIpc) is 3.14. The maximum absolute atomic E-state index is 13.0. The topological polar surface area (TPSA) is 95.6 Å². The van der Waals surface area contributed by atoms with Crippen LogP contribution in [0.4, 0.5) is 17.1 Å². The zero-order valence-corrected chi connectivity index (χ0v) is 19.7. The standard InChI is InChI=1S/C29H25N3O4/c1-18-10-15-24-25(16-18)29(36)32(28(24)35)23-9-5-8-20(17-23)27(34)31-22-13-11-21(12-14-22)30-26(33)19-6-3-2-4-7-19/h2-14,17,24-25H,15-16H2,1H3,(H,30,33)(H,31,34)/t24-,25+/m1/s1. The molecule has 0 radical (unpaired) electrons. The van der Waals surface area contributed by atoms with E-state index in [0.717, 1.165) is 5.57 Å². The number of benzene rings is 3. The molecule has 180 valence electrons. The number of allylic oxidation sites excluding steroid dienone is 2. The van der Waals surface area contributed by atoms with E-state index in [1.165, 1.54) is 4.90 Å². The van der Waals surface area contributed by atoms with Crippen LogP contribution >= 0.6 is 0 Å². The van der Waals surface area contributed by atoms with Gasteiger partial charge in [0.25, 0.3) is 11.8 Å². The van der Waals surface area contributed by atoms with Crippen molar-refractivity contribution in [3.8, 4) is 0 Å². The van der Waals surface area contributed by atoms with Crippen LogP contribution in [0.15, 0.2) is 90.5 Å². The van der Waals surface area contributed by atoms with E-state index in [1.807, 2.05) is 19.1 Å². The van der Waals surface area contributed by atoms with Gasteiger partial charge in [-0.1, -0.05) is 35.9 Å². The monoisotopic (exact) mass is 479 g/mol. The van der Waals surface area contributed by atoms with Crippen molar-refractivity contribution >= 4 is 40.7 Å². The molecule has 0 aromatic heterocycles. The summed E-state index contributed by atoms with van der Waals surface area (Å²) in [5, 5.41) is 5.63. The Morgan fingerprint density at radius 1 is 0.750 bits per heavy atom. The molecule has 5 rings (SSSR count). The van der Waals surface area contributed by atoms with Crippen molar-refractivity contribution in [1.82, 2.24) is 0 Å². The molecule has 2 N–H and O–H groups in total. The third-order valence-electron chi connectivity index (χ3n) is 6.63. The first-order chi connectivity index (χ1) is 17.4. The highest BCUT2D eigenvalue weighted by Gasteiger charge is 2.48. The lowest BCUT2D eigenvalue weighted by atomic mass is 9.82. The summed E-state index contributed by atoms with van der Waals surface area (Å²) in [6.07, 6.45) is 3.19. The van der Waals surface area contributed by atoms with E-state index in [4.69, 9.17) is 0 Å². The van der Waals surface area contributed by atoms with Gasteiger partial charge in [-0.2, -0.15) is 0 Å². The summed E-state index contributed by atoms with van der Waals surface area (Å²) in [6, 6.07) is 22.2. The summed E-state index contributed by atoms with van der Waals surface area (Å²) in [4.78, 5) is 52.4. The van der Waals surface area contributed by atoms with Crippen molar-refractivity contribution in [3.63, 3.8) is 0 Å². The largest absolute Gasteiger partial charge is 0.322 e. The minimum atomic E-state index is -0.369. The van der Waals surface area contributed by atoms with Crippen LogP contribution in [0.3, 0.4) is 0 Å².